The van der Waals surface area contributed by atoms with Crippen LogP contribution in [-0.4, -0.2) is 31.2 Å². The minimum atomic E-state index is 0.520. The van der Waals surface area contributed by atoms with E-state index in [0.717, 1.165) is 39.5 Å². The number of aromatic nitrogens is 5. The number of hydrogen-bond acceptors (Lipinski definition) is 5. The van der Waals surface area contributed by atoms with Crippen molar-refractivity contribution in [2.45, 2.75) is 6.92 Å². The molecule has 148 valence electrons. The normalized spacial score (nSPS) is 11.0. The highest BCUT2D eigenvalue weighted by atomic mass is 16.5. The second kappa shape index (κ2) is 7.36. The Morgan fingerprint density at radius 1 is 1.00 bits per heavy atom. The first kappa shape index (κ1) is 17.9. The van der Waals surface area contributed by atoms with Gasteiger partial charge in [-0.3, -0.25) is 0 Å². The number of benzene rings is 2. The van der Waals surface area contributed by atoms with Gasteiger partial charge in [-0.05, 0) is 37.3 Å². The Morgan fingerprint density at radius 3 is 2.63 bits per heavy atom. The number of anilines is 2. The third-order valence-electron chi connectivity index (χ3n) is 4.89. The molecule has 0 saturated heterocycles. The standard InChI is InChI=1S/C23H20N6O/c1-16-14-28(15-25-16)20-9-8-18(12-21(20)30-2)26-23-24-13-17-10-11-29(22(17)27-23)19-6-4-3-5-7-19/h3-15H,1-2H3,(H,24,26,27). The summed E-state index contributed by atoms with van der Waals surface area (Å²) in [5.41, 5.74) is 4.60. The van der Waals surface area contributed by atoms with E-state index in [9.17, 15) is 0 Å². The van der Waals surface area contributed by atoms with Gasteiger partial charge in [0.2, 0.25) is 5.95 Å². The minimum absolute atomic E-state index is 0.520. The van der Waals surface area contributed by atoms with E-state index in [1.54, 1.807) is 13.4 Å². The number of aryl methyl sites for hydroxylation is 1. The molecule has 3 aromatic heterocycles. The van der Waals surface area contributed by atoms with E-state index in [0.29, 0.717) is 5.95 Å². The van der Waals surface area contributed by atoms with Crippen molar-refractivity contribution in [2.24, 2.45) is 0 Å². The molecule has 7 nitrogen and oxygen atoms in total. The van der Waals surface area contributed by atoms with Gasteiger partial charge >= 0.3 is 0 Å². The van der Waals surface area contributed by atoms with Crippen LogP contribution < -0.4 is 10.1 Å². The lowest BCUT2D eigenvalue weighted by atomic mass is 10.2. The molecule has 0 aliphatic heterocycles. The summed E-state index contributed by atoms with van der Waals surface area (Å²) >= 11 is 0. The fourth-order valence-electron chi connectivity index (χ4n) is 3.43. The molecule has 3 heterocycles. The van der Waals surface area contributed by atoms with E-state index < -0.39 is 0 Å². The topological polar surface area (TPSA) is 69.8 Å². The van der Waals surface area contributed by atoms with E-state index in [1.165, 1.54) is 0 Å². The summed E-state index contributed by atoms with van der Waals surface area (Å²) in [5, 5.41) is 4.26. The molecule has 0 aliphatic rings. The molecule has 0 radical (unpaired) electrons. The summed E-state index contributed by atoms with van der Waals surface area (Å²) in [5.74, 6) is 1.25. The monoisotopic (exact) mass is 396 g/mol. The van der Waals surface area contributed by atoms with Crippen molar-refractivity contribution < 1.29 is 4.74 Å². The van der Waals surface area contributed by atoms with Crippen LogP contribution in [0.25, 0.3) is 22.4 Å². The second-order valence-electron chi connectivity index (χ2n) is 6.93. The van der Waals surface area contributed by atoms with E-state index in [4.69, 9.17) is 9.72 Å². The van der Waals surface area contributed by atoms with E-state index in [-0.39, 0.29) is 0 Å². The number of nitrogens with one attached hydrogen (secondary N) is 1. The summed E-state index contributed by atoms with van der Waals surface area (Å²) in [7, 11) is 1.65. The Labute approximate surface area is 173 Å². The number of fused-ring (bicyclic) bond motifs is 1. The molecular formula is C23H20N6O. The van der Waals surface area contributed by atoms with Gasteiger partial charge in [-0.2, -0.15) is 4.98 Å². The average Bonchev–Trinajstić information content (AvgIpc) is 3.40. The third-order valence-corrected chi connectivity index (χ3v) is 4.89. The highest BCUT2D eigenvalue weighted by Gasteiger charge is 2.10. The highest BCUT2D eigenvalue weighted by molar-refractivity contribution is 5.79. The van der Waals surface area contributed by atoms with Crippen molar-refractivity contribution in [3.8, 4) is 17.1 Å². The number of hydrogen-bond donors (Lipinski definition) is 1. The Hall–Kier alpha value is -4.13. The Bertz CT molecular complexity index is 1320. The fourth-order valence-corrected chi connectivity index (χ4v) is 3.43. The van der Waals surface area contributed by atoms with Crippen LogP contribution >= 0.6 is 0 Å². The number of rotatable bonds is 5. The zero-order chi connectivity index (χ0) is 20.5. The van der Waals surface area contributed by atoms with Crippen LogP contribution in [0.4, 0.5) is 11.6 Å². The van der Waals surface area contributed by atoms with Gasteiger partial charge in [-0.25, -0.2) is 9.97 Å². The number of ether oxygens (including phenoxy) is 1. The molecule has 0 amide bonds. The molecule has 7 heteroatoms. The molecule has 0 bridgehead atoms. The van der Waals surface area contributed by atoms with E-state index >= 15 is 0 Å². The van der Waals surface area contributed by atoms with Crippen molar-refractivity contribution in [2.75, 3.05) is 12.4 Å². The quantitative estimate of drug-likeness (QED) is 0.468. The van der Waals surface area contributed by atoms with Crippen LogP contribution in [0, 0.1) is 6.92 Å². The molecular weight excluding hydrogens is 376 g/mol. The summed E-state index contributed by atoms with van der Waals surface area (Å²) in [6, 6.07) is 18.0. The molecule has 2 aromatic carbocycles. The second-order valence-corrected chi connectivity index (χ2v) is 6.93. The largest absolute Gasteiger partial charge is 0.494 e. The predicted molar refractivity (Wildman–Crippen MR) is 117 cm³/mol. The molecule has 1 N–H and O–H groups in total. The third kappa shape index (κ3) is 3.26. The van der Waals surface area contributed by atoms with Gasteiger partial charge in [0, 0.05) is 41.4 Å². The van der Waals surface area contributed by atoms with E-state index in [1.807, 2.05) is 77.1 Å². The Kier molecular flexibility index (Phi) is 4.40. The van der Waals surface area contributed by atoms with Gasteiger partial charge in [0.15, 0.2) is 0 Å². The zero-order valence-electron chi connectivity index (χ0n) is 16.6. The molecule has 0 atom stereocenters. The first-order valence-corrected chi connectivity index (χ1v) is 9.57. The minimum Gasteiger partial charge on any atom is -0.494 e. The maximum atomic E-state index is 5.59. The molecule has 0 unspecified atom stereocenters. The smallest absolute Gasteiger partial charge is 0.229 e. The van der Waals surface area contributed by atoms with Crippen molar-refractivity contribution in [3.63, 3.8) is 0 Å². The van der Waals surface area contributed by atoms with Gasteiger partial charge < -0.3 is 19.2 Å². The number of nitrogens with zero attached hydrogens (tertiary/aromatic N) is 5. The summed E-state index contributed by atoms with van der Waals surface area (Å²) in [6.07, 6.45) is 7.56. The van der Waals surface area contributed by atoms with E-state index in [2.05, 4.69) is 27.4 Å². The van der Waals surface area contributed by atoms with Crippen LogP contribution in [0.5, 0.6) is 5.75 Å². The van der Waals surface area contributed by atoms with Gasteiger partial charge in [0.1, 0.15) is 11.4 Å². The van der Waals surface area contributed by atoms with Gasteiger partial charge in [-0.1, -0.05) is 18.2 Å². The lowest BCUT2D eigenvalue weighted by Crippen LogP contribution is -2.01. The lowest BCUT2D eigenvalue weighted by molar-refractivity contribution is 0.413. The molecule has 5 rings (SSSR count). The van der Waals surface area contributed by atoms with Gasteiger partial charge in [0.25, 0.3) is 0 Å². The van der Waals surface area contributed by atoms with Gasteiger partial charge in [-0.15, -0.1) is 0 Å². The van der Waals surface area contributed by atoms with Crippen LogP contribution in [-0.2, 0) is 0 Å². The summed E-state index contributed by atoms with van der Waals surface area (Å²) in [6.45, 7) is 1.96. The average molecular weight is 396 g/mol. The molecule has 0 fully saturated rings. The molecule has 0 aliphatic carbocycles. The number of para-hydroxylation sites is 1. The fraction of sp³-hybridized carbons (Fsp3) is 0.0870. The lowest BCUT2D eigenvalue weighted by Gasteiger charge is -2.12. The van der Waals surface area contributed by atoms with Crippen LogP contribution in [0.1, 0.15) is 5.69 Å². The van der Waals surface area contributed by atoms with Crippen molar-refractivity contribution in [1.29, 1.82) is 0 Å². The molecule has 0 saturated carbocycles. The van der Waals surface area contributed by atoms with Crippen LogP contribution in [0.2, 0.25) is 0 Å². The number of methoxy groups -OCH3 is 1. The van der Waals surface area contributed by atoms with Crippen molar-refractivity contribution >= 4 is 22.7 Å². The van der Waals surface area contributed by atoms with Crippen LogP contribution in [0.3, 0.4) is 0 Å². The zero-order valence-corrected chi connectivity index (χ0v) is 16.6. The van der Waals surface area contributed by atoms with Crippen molar-refractivity contribution in [3.05, 3.63) is 85.2 Å². The number of imidazole rings is 1. The molecule has 30 heavy (non-hydrogen) atoms. The predicted octanol–water partition coefficient (Wildman–Crippen LogP) is 4.67. The Balaban J connectivity index is 1.48. The maximum absolute atomic E-state index is 5.59. The summed E-state index contributed by atoms with van der Waals surface area (Å²) < 4.78 is 9.58. The first-order chi connectivity index (χ1) is 14.7. The Morgan fingerprint density at radius 2 is 1.87 bits per heavy atom. The first-order valence-electron chi connectivity index (χ1n) is 9.57. The highest BCUT2D eigenvalue weighted by Crippen LogP contribution is 2.28. The van der Waals surface area contributed by atoms with Crippen LogP contribution in [0.15, 0.2) is 79.5 Å². The molecule has 5 aromatic rings. The SMILES string of the molecule is COc1cc(Nc2ncc3ccn(-c4ccccc4)c3n2)ccc1-n1cnc(C)c1. The summed E-state index contributed by atoms with van der Waals surface area (Å²) in [4.78, 5) is 13.5. The maximum Gasteiger partial charge on any atom is 0.229 e. The van der Waals surface area contributed by atoms with Gasteiger partial charge in [0.05, 0.1) is 24.8 Å². The molecule has 0 spiro atoms. The van der Waals surface area contributed by atoms with Crippen molar-refractivity contribution in [1.82, 2.24) is 24.1 Å².